The number of nitrogens with zero attached hydrogens (tertiary/aromatic N) is 2. The number of likely N-dealkylation sites (tertiary alicyclic amines) is 1. The van der Waals surface area contributed by atoms with Gasteiger partial charge in [0.1, 0.15) is 0 Å². The summed E-state index contributed by atoms with van der Waals surface area (Å²) in [6.07, 6.45) is 10.1. The van der Waals surface area contributed by atoms with Crippen molar-refractivity contribution < 1.29 is 0 Å². The molecular weight excluding hydrogens is 160 g/mol. The molecule has 1 saturated heterocycles. The molecule has 1 unspecified atom stereocenters. The van der Waals surface area contributed by atoms with Crippen molar-refractivity contribution in [3.8, 4) is 0 Å². The summed E-state index contributed by atoms with van der Waals surface area (Å²) in [4.78, 5) is 7.01. The van der Waals surface area contributed by atoms with Crippen LogP contribution in [0, 0.1) is 0 Å². The fourth-order valence-corrected chi connectivity index (χ4v) is 2.05. The first-order valence-corrected chi connectivity index (χ1v) is 5.24. The van der Waals surface area contributed by atoms with Crippen LogP contribution in [0.3, 0.4) is 0 Å². The average molecular weight is 178 g/mol. The van der Waals surface area contributed by atoms with Crippen LogP contribution < -0.4 is 0 Å². The molecule has 2 heteroatoms. The van der Waals surface area contributed by atoms with E-state index in [2.05, 4.69) is 29.0 Å². The fourth-order valence-electron chi connectivity index (χ4n) is 2.05. The molecule has 0 aromatic rings. The molecule has 2 rings (SSSR count). The number of hydrogen-bond acceptors (Lipinski definition) is 2. The highest BCUT2D eigenvalue weighted by molar-refractivity contribution is 5.75. The van der Waals surface area contributed by atoms with Crippen molar-refractivity contribution in [2.24, 2.45) is 4.99 Å². The van der Waals surface area contributed by atoms with Crippen molar-refractivity contribution in [1.29, 1.82) is 0 Å². The molecule has 0 radical (unpaired) electrons. The van der Waals surface area contributed by atoms with Gasteiger partial charge >= 0.3 is 0 Å². The zero-order valence-corrected chi connectivity index (χ0v) is 8.37. The molecule has 2 aliphatic heterocycles. The van der Waals surface area contributed by atoms with Gasteiger partial charge in [-0.15, -0.1) is 0 Å². The van der Waals surface area contributed by atoms with Crippen LogP contribution in [0.2, 0.25) is 0 Å². The maximum absolute atomic E-state index is 4.47. The van der Waals surface area contributed by atoms with Crippen LogP contribution in [0.15, 0.2) is 17.1 Å². The summed E-state index contributed by atoms with van der Waals surface area (Å²) < 4.78 is 0. The number of aliphatic imine (C=N–C) groups is 1. The monoisotopic (exact) mass is 178 g/mol. The van der Waals surface area contributed by atoms with Crippen LogP contribution in [0.25, 0.3) is 0 Å². The quantitative estimate of drug-likeness (QED) is 0.644. The van der Waals surface area contributed by atoms with Crippen molar-refractivity contribution in [2.45, 2.75) is 31.7 Å². The molecule has 1 fully saturated rings. The van der Waals surface area contributed by atoms with Gasteiger partial charge in [-0.3, -0.25) is 4.99 Å². The van der Waals surface area contributed by atoms with E-state index in [0.29, 0.717) is 0 Å². The zero-order valence-electron chi connectivity index (χ0n) is 8.37. The lowest BCUT2D eigenvalue weighted by atomic mass is 10.00. The van der Waals surface area contributed by atoms with E-state index in [9.17, 15) is 0 Å². The molecule has 0 N–H and O–H groups in total. The summed E-state index contributed by atoms with van der Waals surface area (Å²) in [6, 6.07) is 0. The smallest absolute Gasteiger partial charge is 0.0775 e. The van der Waals surface area contributed by atoms with Gasteiger partial charge in [0.05, 0.1) is 5.54 Å². The average Bonchev–Trinajstić information content (AvgIpc) is 2.72. The third-order valence-electron chi connectivity index (χ3n) is 3.04. The van der Waals surface area contributed by atoms with E-state index in [4.69, 9.17) is 0 Å². The lowest BCUT2D eigenvalue weighted by molar-refractivity contribution is 0.310. The van der Waals surface area contributed by atoms with E-state index in [1.165, 1.54) is 38.9 Å². The van der Waals surface area contributed by atoms with Gasteiger partial charge < -0.3 is 4.90 Å². The van der Waals surface area contributed by atoms with E-state index >= 15 is 0 Å². The van der Waals surface area contributed by atoms with E-state index in [0.717, 1.165) is 0 Å². The lowest BCUT2D eigenvalue weighted by Crippen LogP contribution is -2.28. The normalized spacial score (nSPS) is 33.3. The Kier molecular flexibility index (Phi) is 2.49. The van der Waals surface area contributed by atoms with E-state index in [1.807, 2.05) is 6.21 Å². The summed E-state index contributed by atoms with van der Waals surface area (Å²) in [5.74, 6) is 0. The maximum Gasteiger partial charge on any atom is 0.0775 e. The standard InChI is InChI=1S/C11H18N2/c1-11(5-4-7-12-11)6-10-13-8-2-3-9-13/h4-5,7H,2-3,6,8-10H2,1H3. The molecule has 13 heavy (non-hydrogen) atoms. The summed E-state index contributed by atoms with van der Waals surface area (Å²) in [5, 5.41) is 0. The molecule has 72 valence electrons. The molecule has 0 aromatic heterocycles. The Hall–Kier alpha value is -0.630. The number of hydrogen-bond donors (Lipinski definition) is 0. The second-order valence-electron chi connectivity index (χ2n) is 4.29. The van der Waals surface area contributed by atoms with E-state index in [1.54, 1.807) is 0 Å². The first-order chi connectivity index (χ1) is 6.29. The van der Waals surface area contributed by atoms with Gasteiger partial charge in [-0.05, 0) is 45.4 Å². The minimum Gasteiger partial charge on any atom is -0.303 e. The first kappa shape index (κ1) is 8.95. The molecule has 2 heterocycles. The highest BCUT2D eigenvalue weighted by Gasteiger charge is 2.22. The Balaban J connectivity index is 1.78. The van der Waals surface area contributed by atoms with Crippen LogP contribution in [0.1, 0.15) is 26.2 Å². The summed E-state index contributed by atoms with van der Waals surface area (Å²) in [5.41, 5.74) is 0.0998. The number of allylic oxidation sites excluding steroid dienone is 1. The Morgan fingerprint density at radius 3 is 2.77 bits per heavy atom. The van der Waals surface area contributed by atoms with Gasteiger partial charge in [0.2, 0.25) is 0 Å². The van der Waals surface area contributed by atoms with Crippen molar-refractivity contribution in [3.63, 3.8) is 0 Å². The zero-order chi connectivity index (χ0) is 9.15. The van der Waals surface area contributed by atoms with E-state index < -0.39 is 0 Å². The minimum absolute atomic E-state index is 0.0998. The van der Waals surface area contributed by atoms with Gasteiger partial charge in [0, 0.05) is 12.8 Å². The molecule has 0 spiro atoms. The molecule has 0 aromatic carbocycles. The Morgan fingerprint density at radius 1 is 1.38 bits per heavy atom. The van der Waals surface area contributed by atoms with Gasteiger partial charge in [0.25, 0.3) is 0 Å². The molecule has 1 atom stereocenters. The van der Waals surface area contributed by atoms with Crippen LogP contribution in [0.5, 0.6) is 0 Å². The minimum atomic E-state index is 0.0998. The van der Waals surface area contributed by atoms with Crippen LogP contribution >= 0.6 is 0 Å². The molecular formula is C11H18N2. The predicted molar refractivity (Wildman–Crippen MR) is 56.3 cm³/mol. The Morgan fingerprint density at radius 2 is 2.15 bits per heavy atom. The molecule has 2 nitrogen and oxygen atoms in total. The predicted octanol–water partition coefficient (Wildman–Crippen LogP) is 1.87. The third-order valence-corrected chi connectivity index (χ3v) is 3.04. The van der Waals surface area contributed by atoms with Crippen molar-refractivity contribution in [2.75, 3.05) is 19.6 Å². The van der Waals surface area contributed by atoms with Gasteiger partial charge in [0.15, 0.2) is 0 Å². The van der Waals surface area contributed by atoms with Gasteiger partial charge in [-0.25, -0.2) is 0 Å². The van der Waals surface area contributed by atoms with Crippen molar-refractivity contribution >= 4 is 6.21 Å². The first-order valence-electron chi connectivity index (χ1n) is 5.24. The topological polar surface area (TPSA) is 15.6 Å². The summed E-state index contributed by atoms with van der Waals surface area (Å²) >= 11 is 0. The number of rotatable bonds is 3. The second kappa shape index (κ2) is 3.62. The molecule has 0 bridgehead atoms. The van der Waals surface area contributed by atoms with Crippen molar-refractivity contribution in [1.82, 2.24) is 4.90 Å². The highest BCUT2D eigenvalue weighted by Crippen LogP contribution is 2.21. The lowest BCUT2D eigenvalue weighted by Gasteiger charge is -2.22. The van der Waals surface area contributed by atoms with E-state index in [-0.39, 0.29) is 5.54 Å². The summed E-state index contributed by atoms with van der Waals surface area (Å²) in [7, 11) is 0. The SMILES string of the molecule is CC1(CCN2CCCC2)C=CC=N1. The summed E-state index contributed by atoms with van der Waals surface area (Å²) in [6.45, 7) is 6.01. The van der Waals surface area contributed by atoms with Crippen molar-refractivity contribution in [3.05, 3.63) is 12.2 Å². The molecule has 2 aliphatic rings. The van der Waals surface area contributed by atoms with Gasteiger partial charge in [-0.1, -0.05) is 6.08 Å². The highest BCUT2D eigenvalue weighted by atomic mass is 15.1. The fraction of sp³-hybridized carbons (Fsp3) is 0.727. The maximum atomic E-state index is 4.47. The van der Waals surface area contributed by atoms with Crippen LogP contribution in [-0.2, 0) is 0 Å². The van der Waals surface area contributed by atoms with Crippen LogP contribution in [0.4, 0.5) is 0 Å². The Labute approximate surface area is 80.3 Å². The molecule has 0 amide bonds. The van der Waals surface area contributed by atoms with Gasteiger partial charge in [-0.2, -0.15) is 0 Å². The third kappa shape index (κ3) is 2.19. The molecule has 0 saturated carbocycles. The Bertz CT molecular complexity index is 212. The van der Waals surface area contributed by atoms with Crippen LogP contribution in [-0.4, -0.2) is 36.3 Å². The second-order valence-corrected chi connectivity index (χ2v) is 4.29. The largest absolute Gasteiger partial charge is 0.303 e. The molecule has 0 aliphatic carbocycles.